The zero-order chi connectivity index (χ0) is 8.97. The first-order valence-corrected chi connectivity index (χ1v) is 3.50. The Labute approximate surface area is 71.3 Å². The van der Waals surface area contributed by atoms with Gasteiger partial charge in [-0.3, -0.25) is 0 Å². The Balaban J connectivity index is 3.14. The molecular weight excluding hydrogens is 150 g/mol. The van der Waals surface area contributed by atoms with Crippen LogP contribution in [0.1, 0.15) is 11.4 Å². The third-order valence-corrected chi connectivity index (χ3v) is 1.54. The van der Waals surface area contributed by atoms with Crippen molar-refractivity contribution >= 4 is 12.2 Å². The van der Waals surface area contributed by atoms with E-state index in [0.717, 1.165) is 11.4 Å². The normalized spacial score (nSPS) is 8.92. The molecule has 60 valence electrons. The SMILES string of the molecule is C=Cc1ncn(CC#N)c1C=C. The summed E-state index contributed by atoms with van der Waals surface area (Å²) in [5.41, 5.74) is 1.60. The number of hydrogen-bond donors (Lipinski definition) is 0. The Kier molecular flexibility index (Phi) is 2.44. The van der Waals surface area contributed by atoms with E-state index in [-0.39, 0.29) is 0 Å². The largest absolute Gasteiger partial charge is 0.317 e. The summed E-state index contributed by atoms with van der Waals surface area (Å²) >= 11 is 0. The van der Waals surface area contributed by atoms with Gasteiger partial charge >= 0.3 is 0 Å². The van der Waals surface area contributed by atoms with Gasteiger partial charge in [-0.25, -0.2) is 4.98 Å². The number of imidazole rings is 1. The van der Waals surface area contributed by atoms with Crippen LogP contribution in [0.25, 0.3) is 12.2 Å². The van der Waals surface area contributed by atoms with E-state index in [0.29, 0.717) is 6.54 Å². The predicted molar refractivity (Wildman–Crippen MR) is 48.0 cm³/mol. The molecule has 0 aliphatic heterocycles. The van der Waals surface area contributed by atoms with E-state index in [4.69, 9.17) is 5.26 Å². The van der Waals surface area contributed by atoms with Gasteiger partial charge in [-0.1, -0.05) is 13.2 Å². The van der Waals surface area contributed by atoms with Crippen LogP contribution < -0.4 is 0 Å². The van der Waals surface area contributed by atoms with Crippen molar-refractivity contribution in [3.05, 3.63) is 30.9 Å². The summed E-state index contributed by atoms with van der Waals surface area (Å²) < 4.78 is 1.73. The number of nitrogens with zero attached hydrogens (tertiary/aromatic N) is 3. The van der Waals surface area contributed by atoms with Gasteiger partial charge in [0, 0.05) is 0 Å². The monoisotopic (exact) mass is 159 g/mol. The van der Waals surface area contributed by atoms with Crippen molar-refractivity contribution in [2.24, 2.45) is 0 Å². The van der Waals surface area contributed by atoms with E-state index in [1.165, 1.54) is 0 Å². The van der Waals surface area contributed by atoms with E-state index in [1.807, 2.05) is 6.07 Å². The van der Waals surface area contributed by atoms with Crippen LogP contribution >= 0.6 is 0 Å². The highest BCUT2D eigenvalue weighted by Gasteiger charge is 2.02. The molecule has 0 spiro atoms. The maximum Gasteiger partial charge on any atom is 0.111 e. The van der Waals surface area contributed by atoms with E-state index < -0.39 is 0 Å². The van der Waals surface area contributed by atoms with Gasteiger partial charge in [0.15, 0.2) is 0 Å². The number of nitriles is 1. The Morgan fingerprint density at radius 2 is 2.33 bits per heavy atom. The molecule has 0 saturated heterocycles. The highest BCUT2D eigenvalue weighted by Crippen LogP contribution is 2.09. The highest BCUT2D eigenvalue weighted by atomic mass is 15.0. The lowest BCUT2D eigenvalue weighted by Gasteiger charge is -1.97. The first-order chi connectivity index (χ1) is 5.83. The summed E-state index contributed by atoms with van der Waals surface area (Å²) in [6, 6.07) is 2.04. The van der Waals surface area contributed by atoms with Crippen LogP contribution in [0.4, 0.5) is 0 Å². The van der Waals surface area contributed by atoms with Crippen LogP contribution in [-0.4, -0.2) is 9.55 Å². The molecule has 1 aromatic rings. The molecule has 0 amide bonds. The van der Waals surface area contributed by atoms with Crippen LogP contribution in [0.3, 0.4) is 0 Å². The van der Waals surface area contributed by atoms with Crippen molar-refractivity contribution in [1.29, 1.82) is 5.26 Å². The lowest BCUT2D eigenvalue weighted by atomic mass is 10.3. The molecule has 3 nitrogen and oxygen atoms in total. The van der Waals surface area contributed by atoms with Gasteiger partial charge in [-0.15, -0.1) is 0 Å². The smallest absolute Gasteiger partial charge is 0.111 e. The minimum absolute atomic E-state index is 0.294. The molecule has 0 radical (unpaired) electrons. The zero-order valence-corrected chi connectivity index (χ0v) is 6.70. The van der Waals surface area contributed by atoms with E-state index in [9.17, 15) is 0 Å². The fraction of sp³-hybridized carbons (Fsp3) is 0.111. The molecule has 0 saturated carbocycles. The predicted octanol–water partition coefficient (Wildman–Crippen LogP) is 1.69. The van der Waals surface area contributed by atoms with Crippen molar-refractivity contribution < 1.29 is 0 Å². The Morgan fingerprint density at radius 1 is 1.58 bits per heavy atom. The topological polar surface area (TPSA) is 41.6 Å². The zero-order valence-electron chi connectivity index (χ0n) is 6.70. The first kappa shape index (κ1) is 8.28. The molecule has 0 bridgehead atoms. The molecule has 0 aromatic carbocycles. The third-order valence-electron chi connectivity index (χ3n) is 1.54. The molecule has 0 aliphatic carbocycles. The molecule has 0 N–H and O–H groups in total. The van der Waals surface area contributed by atoms with E-state index in [1.54, 1.807) is 23.0 Å². The standard InChI is InChI=1S/C9H9N3/c1-3-8-9(4-2)12(6-5-10)7-11-8/h3-4,7H,1-2,6H2. The summed E-state index contributed by atoms with van der Waals surface area (Å²) in [5, 5.41) is 8.46. The van der Waals surface area contributed by atoms with Crippen molar-refractivity contribution in [3.8, 4) is 6.07 Å². The van der Waals surface area contributed by atoms with Gasteiger partial charge < -0.3 is 4.57 Å². The quantitative estimate of drug-likeness (QED) is 0.673. The fourth-order valence-corrected chi connectivity index (χ4v) is 0.989. The number of rotatable bonds is 3. The Bertz CT molecular complexity index is 341. The average molecular weight is 159 g/mol. The second-order valence-electron chi connectivity index (χ2n) is 2.21. The lowest BCUT2D eigenvalue weighted by Crippen LogP contribution is -1.95. The summed E-state index contributed by atoms with van der Waals surface area (Å²) in [6.45, 7) is 7.54. The van der Waals surface area contributed by atoms with Crippen LogP contribution in [0, 0.1) is 11.3 Å². The van der Waals surface area contributed by atoms with Crippen LogP contribution in [0.15, 0.2) is 19.5 Å². The number of hydrogen-bond acceptors (Lipinski definition) is 2. The van der Waals surface area contributed by atoms with Crippen LogP contribution in [-0.2, 0) is 6.54 Å². The van der Waals surface area contributed by atoms with Crippen molar-refractivity contribution in [2.45, 2.75) is 6.54 Å². The van der Waals surface area contributed by atoms with Gasteiger partial charge in [-0.05, 0) is 12.2 Å². The summed E-state index contributed by atoms with van der Waals surface area (Å²) in [6.07, 6.45) is 4.92. The second kappa shape index (κ2) is 3.54. The van der Waals surface area contributed by atoms with Gasteiger partial charge in [-0.2, -0.15) is 5.26 Å². The molecule has 0 aliphatic rings. The molecule has 0 atom stereocenters. The maximum absolute atomic E-state index is 8.46. The van der Waals surface area contributed by atoms with Gasteiger partial charge in [0.2, 0.25) is 0 Å². The summed E-state index contributed by atoms with van der Waals surface area (Å²) in [4.78, 5) is 4.05. The summed E-state index contributed by atoms with van der Waals surface area (Å²) in [7, 11) is 0. The molecule has 12 heavy (non-hydrogen) atoms. The minimum atomic E-state index is 0.294. The first-order valence-electron chi connectivity index (χ1n) is 3.50. The molecule has 0 fully saturated rings. The van der Waals surface area contributed by atoms with Gasteiger partial charge in [0.25, 0.3) is 0 Å². The molecule has 1 heterocycles. The molecule has 1 aromatic heterocycles. The lowest BCUT2D eigenvalue weighted by molar-refractivity contribution is 0.822. The van der Waals surface area contributed by atoms with Crippen LogP contribution in [0.5, 0.6) is 0 Å². The second-order valence-corrected chi connectivity index (χ2v) is 2.21. The molecule has 1 rings (SSSR count). The average Bonchev–Trinajstić information content (AvgIpc) is 2.47. The molecular formula is C9H9N3. The van der Waals surface area contributed by atoms with Crippen molar-refractivity contribution in [1.82, 2.24) is 9.55 Å². The van der Waals surface area contributed by atoms with Crippen LogP contribution in [0.2, 0.25) is 0 Å². The van der Waals surface area contributed by atoms with Gasteiger partial charge in [0.1, 0.15) is 6.54 Å². The van der Waals surface area contributed by atoms with Gasteiger partial charge in [0.05, 0.1) is 23.8 Å². The number of aromatic nitrogens is 2. The molecule has 3 heteroatoms. The van der Waals surface area contributed by atoms with E-state index >= 15 is 0 Å². The third kappa shape index (κ3) is 1.28. The van der Waals surface area contributed by atoms with E-state index in [2.05, 4.69) is 18.1 Å². The Morgan fingerprint density at radius 3 is 2.83 bits per heavy atom. The van der Waals surface area contributed by atoms with Crippen molar-refractivity contribution in [3.63, 3.8) is 0 Å². The fourth-order valence-electron chi connectivity index (χ4n) is 0.989. The van der Waals surface area contributed by atoms with Crippen molar-refractivity contribution in [2.75, 3.05) is 0 Å². The minimum Gasteiger partial charge on any atom is -0.317 e. The highest BCUT2D eigenvalue weighted by molar-refractivity contribution is 5.57. The molecule has 0 unspecified atom stereocenters. The summed E-state index contributed by atoms with van der Waals surface area (Å²) in [5.74, 6) is 0. The maximum atomic E-state index is 8.46. The Hall–Kier alpha value is -1.82.